The van der Waals surface area contributed by atoms with Gasteiger partial charge >= 0.3 is 0 Å². The highest BCUT2D eigenvalue weighted by atomic mass is 14.6. The van der Waals surface area contributed by atoms with E-state index in [0.717, 1.165) is 25.8 Å². The molecule has 0 aromatic carbocycles. The van der Waals surface area contributed by atoms with Gasteiger partial charge in [-0.1, -0.05) is 104 Å². The Bertz CT molecular complexity index is 1260. The van der Waals surface area contributed by atoms with E-state index in [1.54, 1.807) is 27.9 Å². The monoisotopic (exact) mass is 562 g/mol. The van der Waals surface area contributed by atoms with Gasteiger partial charge in [-0.25, -0.2) is 0 Å². The topological polar surface area (TPSA) is 52.0 Å². The standard InChI is InChI=1S/C40H54N2/c1-2-28(27-41)11-10-18-40(42)31-21-19-30(20-22-31)33-24-26-39(37-17-9-7-15-35(33)37)38-25-23-32(29-12-4-3-5-13-29)34-14-6-8-16-36(34)38/h6-8,12,14-16,21,23-26,28,30,32,34,37,39-40H,2-5,9-11,13,17-20,22,27,41-42H2,1H3. The normalized spacial score (nSPS) is 31.9. The molecule has 42 heavy (non-hydrogen) atoms. The summed E-state index contributed by atoms with van der Waals surface area (Å²) in [6, 6.07) is 0.220. The first-order valence-electron chi connectivity index (χ1n) is 17.4. The minimum Gasteiger partial charge on any atom is -0.330 e. The number of nitrogens with two attached hydrogens (primary N) is 2. The van der Waals surface area contributed by atoms with Crippen molar-refractivity contribution >= 4 is 0 Å². The Hall–Kier alpha value is -2.42. The highest BCUT2D eigenvalue weighted by molar-refractivity contribution is 5.53. The van der Waals surface area contributed by atoms with Crippen LogP contribution in [0.3, 0.4) is 0 Å². The summed E-state index contributed by atoms with van der Waals surface area (Å²) in [6.45, 7) is 3.06. The van der Waals surface area contributed by atoms with Gasteiger partial charge in [0.2, 0.25) is 0 Å². The van der Waals surface area contributed by atoms with Crippen LogP contribution in [0.25, 0.3) is 0 Å². The zero-order valence-electron chi connectivity index (χ0n) is 26.0. The lowest BCUT2D eigenvalue weighted by Crippen LogP contribution is -2.29. The molecule has 0 spiro atoms. The number of rotatable bonds is 10. The van der Waals surface area contributed by atoms with Crippen LogP contribution in [0.2, 0.25) is 0 Å². The van der Waals surface area contributed by atoms with Crippen LogP contribution in [0.15, 0.2) is 106 Å². The molecule has 0 aromatic rings. The summed E-state index contributed by atoms with van der Waals surface area (Å²) in [6.07, 6.45) is 45.5. The molecule has 0 saturated heterocycles. The Morgan fingerprint density at radius 1 is 0.786 bits per heavy atom. The molecular weight excluding hydrogens is 508 g/mol. The number of hydrogen-bond acceptors (Lipinski definition) is 2. The zero-order chi connectivity index (χ0) is 28.9. The fourth-order valence-corrected chi connectivity index (χ4v) is 8.76. The van der Waals surface area contributed by atoms with E-state index in [1.807, 2.05) is 0 Å². The maximum Gasteiger partial charge on any atom is 0.0253 e. The first-order valence-corrected chi connectivity index (χ1v) is 17.4. The Balaban J connectivity index is 1.17. The lowest BCUT2D eigenvalue weighted by molar-refractivity contribution is 0.431. The Morgan fingerprint density at radius 2 is 1.64 bits per heavy atom. The van der Waals surface area contributed by atoms with Crippen molar-refractivity contribution in [3.8, 4) is 0 Å². The maximum atomic E-state index is 6.70. The second-order valence-electron chi connectivity index (χ2n) is 13.8. The summed E-state index contributed by atoms with van der Waals surface area (Å²) in [4.78, 5) is 0. The molecule has 6 aliphatic carbocycles. The Morgan fingerprint density at radius 3 is 2.43 bits per heavy atom. The van der Waals surface area contributed by atoms with Gasteiger partial charge in [-0.15, -0.1) is 0 Å². The smallest absolute Gasteiger partial charge is 0.0253 e. The van der Waals surface area contributed by atoms with Crippen LogP contribution >= 0.6 is 0 Å². The molecule has 0 bridgehead atoms. The van der Waals surface area contributed by atoms with Crippen LogP contribution in [0.4, 0.5) is 0 Å². The Kier molecular flexibility index (Phi) is 9.82. The third-order valence-corrected chi connectivity index (χ3v) is 11.4. The van der Waals surface area contributed by atoms with Gasteiger partial charge in [0.15, 0.2) is 0 Å². The largest absolute Gasteiger partial charge is 0.330 e. The molecule has 2 heteroatoms. The van der Waals surface area contributed by atoms with Crippen LogP contribution in [0, 0.1) is 35.5 Å². The molecule has 0 heterocycles. The summed E-state index contributed by atoms with van der Waals surface area (Å²) in [5.74, 6) is 3.37. The van der Waals surface area contributed by atoms with E-state index in [1.165, 1.54) is 69.8 Å². The molecular formula is C40H54N2. The van der Waals surface area contributed by atoms with Crippen molar-refractivity contribution in [1.29, 1.82) is 0 Å². The minimum absolute atomic E-state index is 0.220. The van der Waals surface area contributed by atoms with Crippen molar-refractivity contribution in [2.75, 3.05) is 6.54 Å². The molecule has 7 unspecified atom stereocenters. The van der Waals surface area contributed by atoms with Crippen molar-refractivity contribution < 1.29 is 0 Å². The van der Waals surface area contributed by atoms with Gasteiger partial charge in [0, 0.05) is 23.8 Å². The summed E-state index contributed by atoms with van der Waals surface area (Å²) in [5.41, 5.74) is 22.2. The first-order chi connectivity index (χ1) is 20.7. The van der Waals surface area contributed by atoms with Crippen molar-refractivity contribution in [3.05, 3.63) is 106 Å². The van der Waals surface area contributed by atoms with Gasteiger partial charge < -0.3 is 11.5 Å². The lowest BCUT2D eigenvalue weighted by atomic mass is 9.64. The number of allylic oxidation sites excluding steroid dienone is 17. The molecule has 0 aromatic heterocycles. The molecule has 0 fully saturated rings. The van der Waals surface area contributed by atoms with E-state index in [0.29, 0.717) is 35.5 Å². The van der Waals surface area contributed by atoms with Gasteiger partial charge in [0.25, 0.3) is 0 Å². The van der Waals surface area contributed by atoms with Gasteiger partial charge in [-0.2, -0.15) is 0 Å². The predicted molar refractivity (Wildman–Crippen MR) is 180 cm³/mol. The van der Waals surface area contributed by atoms with E-state index >= 15 is 0 Å². The van der Waals surface area contributed by atoms with Crippen LogP contribution < -0.4 is 11.5 Å². The average molecular weight is 563 g/mol. The predicted octanol–water partition coefficient (Wildman–Crippen LogP) is 9.37. The fourth-order valence-electron chi connectivity index (χ4n) is 8.76. The SMILES string of the molecule is CCC(CN)CCCC(N)C1=CCC(C2=C3C=CCCC3C(C3=C4C=CC=CC4C(C4=CCCCC4)C=C3)C=C2)CC1. The summed E-state index contributed by atoms with van der Waals surface area (Å²) >= 11 is 0. The molecule has 0 amide bonds. The van der Waals surface area contributed by atoms with E-state index < -0.39 is 0 Å². The van der Waals surface area contributed by atoms with E-state index in [-0.39, 0.29) is 6.04 Å². The van der Waals surface area contributed by atoms with Gasteiger partial charge in [0.05, 0.1) is 0 Å². The van der Waals surface area contributed by atoms with Crippen molar-refractivity contribution in [3.63, 3.8) is 0 Å². The highest BCUT2D eigenvalue weighted by Gasteiger charge is 2.37. The van der Waals surface area contributed by atoms with Crippen molar-refractivity contribution in [2.24, 2.45) is 47.0 Å². The summed E-state index contributed by atoms with van der Waals surface area (Å²) in [5, 5.41) is 0. The molecule has 4 N–H and O–H groups in total. The molecule has 6 aliphatic rings. The number of fused-ring (bicyclic) bond motifs is 2. The molecule has 0 saturated carbocycles. The lowest BCUT2D eigenvalue weighted by Gasteiger charge is -2.40. The molecule has 7 atom stereocenters. The van der Waals surface area contributed by atoms with E-state index in [2.05, 4.69) is 79.8 Å². The van der Waals surface area contributed by atoms with E-state index in [4.69, 9.17) is 11.5 Å². The van der Waals surface area contributed by atoms with Crippen LogP contribution in [0.5, 0.6) is 0 Å². The third-order valence-electron chi connectivity index (χ3n) is 11.4. The van der Waals surface area contributed by atoms with Crippen molar-refractivity contribution in [2.45, 2.75) is 96.4 Å². The first kappa shape index (κ1) is 29.6. The summed E-state index contributed by atoms with van der Waals surface area (Å²) in [7, 11) is 0. The van der Waals surface area contributed by atoms with Gasteiger partial charge in [-0.3, -0.25) is 0 Å². The van der Waals surface area contributed by atoms with Crippen molar-refractivity contribution in [1.82, 2.24) is 0 Å². The Labute approximate surface area is 255 Å². The number of hydrogen-bond donors (Lipinski definition) is 2. The fraction of sp³-hybridized carbons (Fsp3) is 0.550. The van der Waals surface area contributed by atoms with E-state index in [9.17, 15) is 0 Å². The average Bonchev–Trinajstić information content (AvgIpc) is 3.06. The molecule has 0 radical (unpaired) electrons. The van der Waals surface area contributed by atoms with Crippen LogP contribution in [0.1, 0.15) is 90.4 Å². The second kappa shape index (κ2) is 13.9. The van der Waals surface area contributed by atoms with Crippen LogP contribution in [-0.4, -0.2) is 12.6 Å². The van der Waals surface area contributed by atoms with Gasteiger partial charge in [-0.05, 0) is 117 Å². The maximum absolute atomic E-state index is 6.70. The van der Waals surface area contributed by atoms with Gasteiger partial charge in [0.1, 0.15) is 0 Å². The molecule has 224 valence electrons. The minimum atomic E-state index is 0.220. The highest BCUT2D eigenvalue weighted by Crippen LogP contribution is 2.49. The second-order valence-corrected chi connectivity index (χ2v) is 13.8. The quantitative estimate of drug-likeness (QED) is 0.261. The zero-order valence-corrected chi connectivity index (χ0v) is 26.0. The molecule has 6 rings (SSSR count). The molecule has 0 aliphatic heterocycles. The summed E-state index contributed by atoms with van der Waals surface area (Å²) < 4.78 is 0. The third kappa shape index (κ3) is 6.27. The molecule has 2 nitrogen and oxygen atoms in total. The van der Waals surface area contributed by atoms with Crippen LogP contribution in [-0.2, 0) is 0 Å².